The first-order chi connectivity index (χ1) is 10.5. The fourth-order valence-electron chi connectivity index (χ4n) is 5.87. The summed E-state index contributed by atoms with van der Waals surface area (Å²) >= 11 is 0. The monoisotopic (exact) mass is 297 g/mol. The lowest BCUT2D eigenvalue weighted by Crippen LogP contribution is -2.47. The van der Waals surface area contributed by atoms with Crippen LogP contribution in [0, 0.1) is 37.0 Å². The van der Waals surface area contributed by atoms with E-state index in [1.165, 1.54) is 49.7 Å². The number of benzene rings is 1. The number of hydrogen-bond acceptors (Lipinski definition) is 1. The molecule has 0 unspecified atom stereocenters. The predicted molar refractivity (Wildman–Crippen MR) is 89.8 cm³/mol. The minimum absolute atomic E-state index is 0.227. The Morgan fingerprint density at radius 2 is 1.64 bits per heavy atom. The van der Waals surface area contributed by atoms with Crippen molar-refractivity contribution in [2.45, 2.75) is 58.8 Å². The average molecular weight is 297 g/mol. The van der Waals surface area contributed by atoms with Gasteiger partial charge >= 0.3 is 0 Å². The Labute approximate surface area is 133 Å². The third-order valence-electron chi connectivity index (χ3n) is 6.49. The molecule has 0 atom stereocenters. The quantitative estimate of drug-likeness (QED) is 0.849. The molecule has 0 spiro atoms. The van der Waals surface area contributed by atoms with Crippen molar-refractivity contribution in [3.8, 4) is 0 Å². The van der Waals surface area contributed by atoms with Crippen LogP contribution in [0.1, 0.15) is 56.1 Å². The molecular weight excluding hydrogens is 270 g/mol. The van der Waals surface area contributed by atoms with Gasteiger partial charge in [-0.05, 0) is 98.8 Å². The zero-order valence-electron chi connectivity index (χ0n) is 13.8. The molecule has 1 aromatic carbocycles. The fourth-order valence-corrected chi connectivity index (χ4v) is 5.87. The van der Waals surface area contributed by atoms with E-state index in [2.05, 4.69) is 31.3 Å². The Morgan fingerprint density at radius 3 is 2.18 bits per heavy atom. The fraction of sp³-hybridized carbons (Fsp3) is 0.650. The summed E-state index contributed by atoms with van der Waals surface area (Å²) in [5.74, 6) is 2.98. The molecule has 4 bridgehead atoms. The molecule has 0 radical (unpaired) electrons. The van der Waals surface area contributed by atoms with E-state index in [0.29, 0.717) is 5.41 Å². The molecule has 5 rings (SSSR count). The highest BCUT2D eigenvalue weighted by atomic mass is 16.1. The van der Waals surface area contributed by atoms with Crippen LogP contribution in [0.25, 0.3) is 0 Å². The van der Waals surface area contributed by atoms with E-state index in [1.54, 1.807) is 0 Å². The van der Waals surface area contributed by atoms with Gasteiger partial charge in [0.05, 0.1) is 0 Å². The van der Waals surface area contributed by atoms with E-state index >= 15 is 0 Å². The normalized spacial score (nSPS) is 35.6. The third kappa shape index (κ3) is 2.57. The van der Waals surface area contributed by atoms with Gasteiger partial charge in [-0.3, -0.25) is 4.79 Å². The van der Waals surface area contributed by atoms with E-state index in [-0.39, 0.29) is 5.91 Å². The molecule has 4 aliphatic carbocycles. The number of amides is 1. The lowest BCUT2D eigenvalue weighted by Gasteiger charge is -2.56. The summed E-state index contributed by atoms with van der Waals surface area (Å²) in [5.41, 5.74) is 3.81. The van der Waals surface area contributed by atoms with Gasteiger partial charge in [-0.15, -0.1) is 0 Å². The molecule has 1 amide bonds. The van der Waals surface area contributed by atoms with E-state index in [1.807, 2.05) is 6.07 Å². The SMILES string of the molecule is Cc1ccc(NC(=O)CC23CC4CC(CC(C4)C2)C3)cc1C. The summed E-state index contributed by atoms with van der Waals surface area (Å²) in [6.45, 7) is 4.21. The molecule has 0 saturated heterocycles. The summed E-state index contributed by atoms with van der Waals surface area (Å²) in [5, 5.41) is 3.15. The Balaban J connectivity index is 1.44. The van der Waals surface area contributed by atoms with Gasteiger partial charge < -0.3 is 5.32 Å². The largest absolute Gasteiger partial charge is 0.326 e. The molecule has 4 aliphatic rings. The van der Waals surface area contributed by atoms with Crippen molar-refractivity contribution in [3.63, 3.8) is 0 Å². The second-order valence-electron chi connectivity index (χ2n) is 8.44. The van der Waals surface area contributed by atoms with Crippen LogP contribution in [0.5, 0.6) is 0 Å². The minimum Gasteiger partial charge on any atom is -0.326 e. The minimum atomic E-state index is 0.227. The molecule has 1 aromatic rings. The highest BCUT2D eigenvalue weighted by Gasteiger charge is 2.51. The standard InChI is InChI=1S/C20H27NO/c1-13-3-4-18(5-14(13)2)21-19(22)12-20-9-15-6-16(10-20)8-17(7-15)11-20/h3-5,15-17H,6-12H2,1-2H3,(H,21,22). The van der Waals surface area contributed by atoms with Crippen LogP contribution < -0.4 is 5.32 Å². The average Bonchev–Trinajstić information content (AvgIpc) is 2.40. The van der Waals surface area contributed by atoms with Crippen molar-refractivity contribution in [2.75, 3.05) is 5.32 Å². The van der Waals surface area contributed by atoms with E-state index < -0.39 is 0 Å². The number of nitrogens with one attached hydrogen (secondary N) is 1. The molecule has 4 saturated carbocycles. The van der Waals surface area contributed by atoms with Crippen molar-refractivity contribution in [3.05, 3.63) is 29.3 Å². The number of carbonyl (C=O) groups is 1. The van der Waals surface area contributed by atoms with Crippen LogP contribution in [0.2, 0.25) is 0 Å². The lowest BCUT2D eigenvalue weighted by atomic mass is 9.49. The third-order valence-corrected chi connectivity index (χ3v) is 6.49. The van der Waals surface area contributed by atoms with Gasteiger partial charge in [0.25, 0.3) is 0 Å². The summed E-state index contributed by atoms with van der Waals surface area (Å²) < 4.78 is 0. The van der Waals surface area contributed by atoms with E-state index in [9.17, 15) is 4.79 Å². The van der Waals surface area contributed by atoms with Crippen molar-refractivity contribution >= 4 is 11.6 Å². The molecule has 22 heavy (non-hydrogen) atoms. The smallest absolute Gasteiger partial charge is 0.224 e. The van der Waals surface area contributed by atoms with Crippen LogP contribution in [0.15, 0.2) is 18.2 Å². The second-order valence-corrected chi connectivity index (χ2v) is 8.44. The molecule has 0 heterocycles. The Bertz CT molecular complexity index is 568. The molecular formula is C20H27NO. The first-order valence-electron chi connectivity index (χ1n) is 8.88. The highest BCUT2D eigenvalue weighted by molar-refractivity contribution is 5.91. The summed E-state index contributed by atoms with van der Waals surface area (Å²) in [6.07, 6.45) is 8.98. The maximum absolute atomic E-state index is 12.6. The lowest BCUT2D eigenvalue weighted by molar-refractivity contribution is -0.124. The zero-order chi connectivity index (χ0) is 15.3. The van der Waals surface area contributed by atoms with Crippen molar-refractivity contribution in [1.82, 2.24) is 0 Å². The Hall–Kier alpha value is -1.31. The molecule has 0 aromatic heterocycles. The number of hydrogen-bond donors (Lipinski definition) is 1. The zero-order valence-corrected chi connectivity index (χ0v) is 13.8. The number of carbonyl (C=O) groups excluding carboxylic acids is 1. The molecule has 0 aliphatic heterocycles. The summed E-state index contributed by atoms with van der Waals surface area (Å²) in [4.78, 5) is 12.6. The second kappa shape index (κ2) is 5.11. The first-order valence-corrected chi connectivity index (χ1v) is 8.88. The van der Waals surface area contributed by atoms with Gasteiger partial charge in [0, 0.05) is 12.1 Å². The van der Waals surface area contributed by atoms with Gasteiger partial charge in [-0.25, -0.2) is 0 Å². The molecule has 2 heteroatoms. The van der Waals surface area contributed by atoms with Crippen molar-refractivity contribution < 1.29 is 4.79 Å². The molecule has 118 valence electrons. The summed E-state index contributed by atoms with van der Waals surface area (Å²) in [7, 11) is 0. The van der Waals surface area contributed by atoms with Crippen LogP contribution in [0.4, 0.5) is 5.69 Å². The van der Waals surface area contributed by atoms with E-state index in [4.69, 9.17) is 0 Å². The molecule has 4 fully saturated rings. The number of anilines is 1. The number of aryl methyl sites for hydroxylation is 2. The summed E-state index contributed by atoms with van der Waals surface area (Å²) in [6, 6.07) is 6.21. The van der Waals surface area contributed by atoms with Crippen LogP contribution in [-0.2, 0) is 4.79 Å². The maximum Gasteiger partial charge on any atom is 0.224 e. The van der Waals surface area contributed by atoms with Gasteiger partial charge in [-0.1, -0.05) is 6.07 Å². The topological polar surface area (TPSA) is 29.1 Å². The van der Waals surface area contributed by atoms with Gasteiger partial charge in [-0.2, -0.15) is 0 Å². The van der Waals surface area contributed by atoms with E-state index in [0.717, 1.165) is 29.9 Å². The van der Waals surface area contributed by atoms with Gasteiger partial charge in [0.2, 0.25) is 5.91 Å². The van der Waals surface area contributed by atoms with Gasteiger partial charge in [0.15, 0.2) is 0 Å². The van der Waals surface area contributed by atoms with Crippen LogP contribution >= 0.6 is 0 Å². The molecule has 1 N–H and O–H groups in total. The molecule has 2 nitrogen and oxygen atoms in total. The van der Waals surface area contributed by atoms with Crippen LogP contribution in [0.3, 0.4) is 0 Å². The maximum atomic E-state index is 12.6. The van der Waals surface area contributed by atoms with Crippen LogP contribution in [-0.4, -0.2) is 5.91 Å². The number of rotatable bonds is 3. The highest BCUT2D eigenvalue weighted by Crippen LogP contribution is 2.61. The predicted octanol–water partition coefficient (Wildman–Crippen LogP) is 4.85. The van der Waals surface area contributed by atoms with Crippen molar-refractivity contribution in [1.29, 1.82) is 0 Å². The first kappa shape index (κ1) is 14.3. The Kier molecular flexibility index (Phi) is 3.32. The Morgan fingerprint density at radius 1 is 1.05 bits per heavy atom. The van der Waals surface area contributed by atoms with Gasteiger partial charge in [0.1, 0.15) is 0 Å². The van der Waals surface area contributed by atoms with Crippen molar-refractivity contribution in [2.24, 2.45) is 23.2 Å².